The van der Waals surface area contributed by atoms with Gasteiger partial charge in [-0.15, -0.1) is 0 Å². The number of nitrogens with zero attached hydrogens (tertiary/aromatic N) is 1. The van der Waals surface area contributed by atoms with Crippen molar-refractivity contribution >= 4 is 16.8 Å². The quantitative estimate of drug-likeness (QED) is 0.665. The molecule has 6 heteroatoms. The number of benzene rings is 2. The van der Waals surface area contributed by atoms with E-state index in [2.05, 4.69) is 5.32 Å². The number of para-hydroxylation sites is 1. The fourth-order valence-electron chi connectivity index (χ4n) is 3.37. The molecule has 6 nitrogen and oxygen atoms in total. The lowest BCUT2D eigenvalue weighted by Gasteiger charge is -2.11. The monoisotopic (exact) mass is 376 g/mol. The van der Waals surface area contributed by atoms with E-state index >= 15 is 0 Å². The highest BCUT2D eigenvalue weighted by Gasteiger charge is 2.26. The molecule has 0 spiro atoms. The van der Waals surface area contributed by atoms with E-state index in [0.717, 1.165) is 35.2 Å². The minimum absolute atomic E-state index is 0.102. The van der Waals surface area contributed by atoms with Crippen molar-refractivity contribution in [1.82, 2.24) is 10.3 Å². The number of aromatic nitrogens is 1. The van der Waals surface area contributed by atoms with Crippen molar-refractivity contribution < 1.29 is 19.0 Å². The molecule has 0 atom stereocenters. The number of amides is 1. The minimum atomic E-state index is -0.102. The molecule has 2 aliphatic rings. The highest BCUT2D eigenvalue weighted by Crippen LogP contribution is 2.40. The second-order valence-corrected chi connectivity index (χ2v) is 7.01. The zero-order valence-electron chi connectivity index (χ0n) is 15.3. The number of ether oxygens (including phenoxy) is 3. The molecule has 1 fully saturated rings. The molecule has 0 bridgehead atoms. The van der Waals surface area contributed by atoms with Gasteiger partial charge in [0.2, 0.25) is 6.79 Å². The number of fused-ring (bicyclic) bond motifs is 2. The first kappa shape index (κ1) is 16.9. The summed E-state index contributed by atoms with van der Waals surface area (Å²) in [6.07, 6.45) is 2.30. The number of hydrogen-bond acceptors (Lipinski definition) is 5. The summed E-state index contributed by atoms with van der Waals surface area (Å²) >= 11 is 0. The Hall–Kier alpha value is -3.28. The molecule has 1 N–H and O–H groups in total. The number of nitrogens with one attached hydrogen (secondary N) is 1. The standard InChI is InChI=1S/C22H20N2O4/c25-22(23-9-10-26-15-7-8-20-21(11-15)28-13-27-20)17-12-19(14-5-6-14)24-18-4-2-1-3-16(17)18/h1-4,7-8,11-12,14H,5-6,9-10,13H2,(H,23,25). The topological polar surface area (TPSA) is 69.7 Å². The average Bonchev–Trinajstić information content (AvgIpc) is 3.48. The molecule has 3 aromatic rings. The lowest BCUT2D eigenvalue weighted by molar-refractivity contribution is 0.0948. The molecule has 1 aliphatic carbocycles. The third kappa shape index (κ3) is 3.33. The molecule has 2 aromatic carbocycles. The van der Waals surface area contributed by atoms with Gasteiger partial charge < -0.3 is 19.5 Å². The molecule has 0 unspecified atom stereocenters. The van der Waals surface area contributed by atoms with E-state index < -0.39 is 0 Å². The van der Waals surface area contributed by atoms with Crippen LogP contribution in [0.5, 0.6) is 17.2 Å². The van der Waals surface area contributed by atoms with Gasteiger partial charge in [0, 0.05) is 23.1 Å². The Morgan fingerprint density at radius 3 is 2.86 bits per heavy atom. The van der Waals surface area contributed by atoms with Gasteiger partial charge in [0.05, 0.1) is 17.6 Å². The predicted octanol–water partition coefficient (Wildman–Crippen LogP) is 3.65. The van der Waals surface area contributed by atoms with Crippen LogP contribution in [0.25, 0.3) is 10.9 Å². The number of pyridine rings is 1. The second kappa shape index (κ2) is 7.03. The summed E-state index contributed by atoms with van der Waals surface area (Å²) in [5.74, 6) is 2.47. The molecule has 0 radical (unpaired) electrons. The Kier molecular flexibility index (Phi) is 4.24. The summed E-state index contributed by atoms with van der Waals surface area (Å²) in [6, 6.07) is 15.2. The van der Waals surface area contributed by atoms with Crippen molar-refractivity contribution in [3.05, 3.63) is 59.8 Å². The van der Waals surface area contributed by atoms with E-state index in [1.165, 1.54) is 0 Å². The average molecular weight is 376 g/mol. The summed E-state index contributed by atoms with van der Waals surface area (Å²) in [5.41, 5.74) is 2.56. The van der Waals surface area contributed by atoms with Crippen LogP contribution in [0.4, 0.5) is 0 Å². The van der Waals surface area contributed by atoms with Gasteiger partial charge in [-0.25, -0.2) is 0 Å². The van der Waals surface area contributed by atoms with Crippen LogP contribution < -0.4 is 19.5 Å². The zero-order valence-corrected chi connectivity index (χ0v) is 15.3. The van der Waals surface area contributed by atoms with Crippen LogP contribution in [0.3, 0.4) is 0 Å². The summed E-state index contributed by atoms with van der Waals surface area (Å²) in [4.78, 5) is 17.5. The van der Waals surface area contributed by atoms with E-state index in [-0.39, 0.29) is 12.7 Å². The highest BCUT2D eigenvalue weighted by molar-refractivity contribution is 6.06. The molecule has 1 amide bonds. The molecule has 1 saturated carbocycles. The highest BCUT2D eigenvalue weighted by atomic mass is 16.7. The van der Waals surface area contributed by atoms with E-state index in [0.29, 0.717) is 36.1 Å². The van der Waals surface area contributed by atoms with Gasteiger partial charge in [-0.05, 0) is 37.1 Å². The first-order chi connectivity index (χ1) is 13.8. The molecular formula is C22H20N2O4. The van der Waals surface area contributed by atoms with Gasteiger partial charge in [-0.1, -0.05) is 18.2 Å². The van der Waals surface area contributed by atoms with Gasteiger partial charge in [-0.3, -0.25) is 9.78 Å². The van der Waals surface area contributed by atoms with Gasteiger partial charge in [0.1, 0.15) is 12.4 Å². The third-order valence-corrected chi connectivity index (χ3v) is 4.98. The molecule has 0 saturated heterocycles. The zero-order chi connectivity index (χ0) is 18.9. The number of carbonyl (C=O) groups is 1. The van der Waals surface area contributed by atoms with Crippen LogP contribution in [-0.4, -0.2) is 30.8 Å². The smallest absolute Gasteiger partial charge is 0.252 e. The summed E-state index contributed by atoms with van der Waals surface area (Å²) in [5, 5.41) is 3.83. The van der Waals surface area contributed by atoms with Crippen molar-refractivity contribution in [3.8, 4) is 17.2 Å². The Morgan fingerprint density at radius 2 is 1.96 bits per heavy atom. The van der Waals surface area contributed by atoms with E-state index in [1.807, 2.05) is 42.5 Å². The first-order valence-corrected chi connectivity index (χ1v) is 9.48. The first-order valence-electron chi connectivity index (χ1n) is 9.48. The van der Waals surface area contributed by atoms with Gasteiger partial charge in [0.25, 0.3) is 5.91 Å². The number of rotatable bonds is 6. The van der Waals surface area contributed by atoms with Crippen LogP contribution in [0.15, 0.2) is 48.5 Å². The normalized spacial score (nSPS) is 14.9. The Balaban J connectivity index is 1.24. The fourth-order valence-corrected chi connectivity index (χ4v) is 3.37. The largest absolute Gasteiger partial charge is 0.492 e. The molecule has 28 heavy (non-hydrogen) atoms. The Morgan fingerprint density at radius 1 is 1.11 bits per heavy atom. The van der Waals surface area contributed by atoms with Crippen LogP contribution in [-0.2, 0) is 0 Å². The van der Waals surface area contributed by atoms with Gasteiger partial charge in [0.15, 0.2) is 11.5 Å². The Bertz CT molecular complexity index is 1050. The maximum Gasteiger partial charge on any atom is 0.252 e. The summed E-state index contributed by atoms with van der Waals surface area (Å²) < 4.78 is 16.3. The second-order valence-electron chi connectivity index (χ2n) is 7.01. The van der Waals surface area contributed by atoms with Crippen LogP contribution in [0.2, 0.25) is 0 Å². The van der Waals surface area contributed by atoms with Crippen LogP contribution in [0, 0.1) is 0 Å². The van der Waals surface area contributed by atoms with E-state index in [9.17, 15) is 4.79 Å². The lowest BCUT2D eigenvalue weighted by atomic mass is 10.1. The number of carbonyl (C=O) groups excluding carboxylic acids is 1. The fraction of sp³-hybridized carbons (Fsp3) is 0.273. The SMILES string of the molecule is O=C(NCCOc1ccc2c(c1)OCO2)c1cc(C2CC2)nc2ccccc12. The predicted molar refractivity (Wildman–Crippen MR) is 104 cm³/mol. The van der Waals surface area contributed by atoms with Crippen LogP contribution in [0.1, 0.15) is 34.8 Å². The van der Waals surface area contributed by atoms with Crippen molar-refractivity contribution in [2.24, 2.45) is 0 Å². The lowest BCUT2D eigenvalue weighted by Crippen LogP contribution is -2.28. The van der Waals surface area contributed by atoms with Crippen molar-refractivity contribution in [2.45, 2.75) is 18.8 Å². The van der Waals surface area contributed by atoms with Crippen molar-refractivity contribution in [3.63, 3.8) is 0 Å². The molecule has 142 valence electrons. The molecule has 1 aliphatic heterocycles. The molecular weight excluding hydrogens is 356 g/mol. The summed E-state index contributed by atoms with van der Waals surface area (Å²) in [6.45, 7) is 1.00. The van der Waals surface area contributed by atoms with Crippen molar-refractivity contribution in [2.75, 3.05) is 19.9 Å². The summed E-state index contributed by atoms with van der Waals surface area (Å²) in [7, 11) is 0. The van der Waals surface area contributed by atoms with Gasteiger partial charge in [-0.2, -0.15) is 0 Å². The minimum Gasteiger partial charge on any atom is -0.492 e. The van der Waals surface area contributed by atoms with Crippen LogP contribution >= 0.6 is 0 Å². The van der Waals surface area contributed by atoms with Crippen molar-refractivity contribution in [1.29, 1.82) is 0 Å². The Labute approximate surface area is 162 Å². The van der Waals surface area contributed by atoms with Gasteiger partial charge >= 0.3 is 0 Å². The third-order valence-electron chi connectivity index (χ3n) is 4.98. The maximum atomic E-state index is 12.8. The number of hydrogen-bond donors (Lipinski definition) is 1. The van der Waals surface area contributed by atoms with E-state index in [1.54, 1.807) is 6.07 Å². The maximum absolute atomic E-state index is 12.8. The molecule has 2 heterocycles. The van der Waals surface area contributed by atoms with E-state index in [4.69, 9.17) is 19.2 Å². The molecule has 5 rings (SSSR count). The molecule has 1 aromatic heterocycles.